The SMILES string of the molecule is CCOCC(C)NCCC(=O)N(CC)CC. The third-order valence-electron chi connectivity index (χ3n) is 2.52. The van der Waals surface area contributed by atoms with Gasteiger partial charge in [0.2, 0.25) is 5.91 Å². The highest BCUT2D eigenvalue weighted by molar-refractivity contribution is 5.76. The number of nitrogens with zero attached hydrogens (tertiary/aromatic N) is 1. The van der Waals surface area contributed by atoms with Crippen molar-refractivity contribution in [2.75, 3.05) is 32.8 Å². The highest BCUT2D eigenvalue weighted by Gasteiger charge is 2.09. The van der Waals surface area contributed by atoms with Crippen molar-refractivity contribution in [3.05, 3.63) is 0 Å². The first kappa shape index (κ1) is 15.4. The molecule has 0 rings (SSSR count). The highest BCUT2D eigenvalue weighted by atomic mass is 16.5. The van der Waals surface area contributed by atoms with Crippen LogP contribution in [-0.2, 0) is 9.53 Å². The molecule has 0 radical (unpaired) electrons. The third kappa shape index (κ3) is 6.80. The van der Waals surface area contributed by atoms with Gasteiger partial charge in [0.15, 0.2) is 0 Å². The summed E-state index contributed by atoms with van der Waals surface area (Å²) in [5.41, 5.74) is 0. The number of ether oxygens (including phenoxy) is 1. The lowest BCUT2D eigenvalue weighted by atomic mass is 10.3. The summed E-state index contributed by atoms with van der Waals surface area (Å²) in [6.07, 6.45) is 0.568. The molecule has 0 heterocycles. The number of nitrogens with one attached hydrogen (secondary N) is 1. The Bertz CT molecular complexity index is 182. The molecule has 1 atom stereocenters. The fourth-order valence-corrected chi connectivity index (χ4v) is 1.51. The van der Waals surface area contributed by atoms with E-state index in [1.165, 1.54) is 0 Å². The van der Waals surface area contributed by atoms with E-state index in [1.807, 2.05) is 25.7 Å². The fraction of sp³-hybridized carbons (Fsp3) is 0.917. The van der Waals surface area contributed by atoms with Crippen molar-refractivity contribution in [3.8, 4) is 0 Å². The van der Waals surface area contributed by atoms with E-state index in [0.29, 0.717) is 19.1 Å². The van der Waals surface area contributed by atoms with Crippen LogP contribution in [-0.4, -0.2) is 49.7 Å². The second-order valence-corrected chi connectivity index (χ2v) is 3.83. The molecule has 1 N–H and O–H groups in total. The second kappa shape index (κ2) is 9.60. The van der Waals surface area contributed by atoms with Crippen LogP contribution in [0.3, 0.4) is 0 Å². The first-order valence-corrected chi connectivity index (χ1v) is 6.24. The molecule has 0 saturated heterocycles. The number of amides is 1. The number of rotatable bonds is 9. The molecule has 0 fully saturated rings. The molecule has 0 aliphatic rings. The van der Waals surface area contributed by atoms with Gasteiger partial charge in [-0.15, -0.1) is 0 Å². The number of hydrogen-bond donors (Lipinski definition) is 1. The summed E-state index contributed by atoms with van der Waals surface area (Å²) in [5.74, 6) is 0.223. The summed E-state index contributed by atoms with van der Waals surface area (Å²) in [6, 6.07) is 0.310. The smallest absolute Gasteiger partial charge is 0.223 e. The van der Waals surface area contributed by atoms with E-state index in [1.54, 1.807) is 0 Å². The monoisotopic (exact) mass is 230 g/mol. The van der Waals surface area contributed by atoms with E-state index in [4.69, 9.17) is 4.74 Å². The third-order valence-corrected chi connectivity index (χ3v) is 2.52. The van der Waals surface area contributed by atoms with Gasteiger partial charge in [-0.25, -0.2) is 0 Å². The van der Waals surface area contributed by atoms with Crippen LogP contribution in [0.25, 0.3) is 0 Å². The molecule has 1 unspecified atom stereocenters. The molecule has 0 bridgehead atoms. The Hall–Kier alpha value is -0.610. The molecule has 0 aromatic heterocycles. The lowest BCUT2D eigenvalue weighted by Gasteiger charge is -2.19. The Morgan fingerprint density at radius 2 is 1.94 bits per heavy atom. The maximum Gasteiger partial charge on any atom is 0.223 e. The second-order valence-electron chi connectivity index (χ2n) is 3.83. The van der Waals surface area contributed by atoms with Crippen molar-refractivity contribution in [2.45, 2.75) is 40.2 Å². The van der Waals surface area contributed by atoms with Gasteiger partial charge in [0.1, 0.15) is 0 Å². The van der Waals surface area contributed by atoms with Gasteiger partial charge in [-0.2, -0.15) is 0 Å². The quantitative estimate of drug-likeness (QED) is 0.648. The predicted octanol–water partition coefficient (Wildman–Crippen LogP) is 1.26. The zero-order chi connectivity index (χ0) is 12.4. The molecular formula is C12H26N2O2. The van der Waals surface area contributed by atoms with Crippen LogP contribution >= 0.6 is 0 Å². The van der Waals surface area contributed by atoms with E-state index >= 15 is 0 Å². The maximum atomic E-state index is 11.7. The summed E-state index contributed by atoms with van der Waals surface area (Å²) >= 11 is 0. The van der Waals surface area contributed by atoms with E-state index in [9.17, 15) is 4.79 Å². The lowest BCUT2D eigenvalue weighted by molar-refractivity contribution is -0.130. The molecule has 1 amide bonds. The molecule has 4 nitrogen and oxygen atoms in total. The minimum absolute atomic E-state index is 0.223. The number of hydrogen-bond acceptors (Lipinski definition) is 3. The van der Waals surface area contributed by atoms with Crippen molar-refractivity contribution in [1.29, 1.82) is 0 Å². The van der Waals surface area contributed by atoms with Crippen LogP contribution in [0.1, 0.15) is 34.1 Å². The molecule has 0 aliphatic heterocycles. The van der Waals surface area contributed by atoms with Gasteiger partial charge in [0.25, 0.3) is 0 Å². The van der Waals surface area contributed by atoms with Crippen molar-refractivity contribution >= 4 is 5.91 Å². The van der Waals surface area contributed by atoms with Crippen LogP contribution in [0.2, 0.25) is 0 Å². The van der Waals surface area contributed by atoms with Gasteiger partial charge < -0.3 is 15.0 Å². The fourth-order valence-electron chi connectivity index (χ4n) is 1.51. The first-order valence-electron chi connectivity index (χ1n) is 6.24. The Labute approximate surface area is 99.3 Å². The molecule has 0 aromatic carbocycles. The van der Waals surface area contributed by atoms with E-state index in [2.05, 4.69) is 12.2 Å². The van der Waals surface area contributed by atoms with Crippen molar-refractivity contribution in [1.82, 2.24) is 10.2 Å². The van der Waals surface area contributed by atoms with Crippen molar-refractivity contribution < 1.29 is 9.53 Å². The zero-order valence-electron chi connectivity index (χ0n) is 11.1. The van der Waals surface area contributed by atoms with Gasteiger partial charge in [-0.3, -0.25) is 4.79 Å². The van der Waals surface area contributed by atoms with Crippen LogP contribution in [0.4, 0.5) is 0 Å². The van der Waals surface area contributed by atoms with Crippen LogP contribution in [0, 0.1) is 0 Å². The van der Waals surface area contributed by atoms with Crippen molar-refractivity contribution in [3.63, 3.8) is 0 Å². The average molecular weight is 230 g/mol. The van der Waals surface area contributed by atoms with Crippen LogP contribution in [0.15, 0.2) is 0 Å². The average Bonchev–Trinajstić information content (AvgIpc) is 2.28. The summed E-state index contributed by atoms with van der Waals surface area (Å²) in [7, 11) is 0. The standard InChI is InChI=1S/C12H26N2O2/c1-5-14(6-2)12(15)8-9-13-11(4)10-16-7-3/h11,13H,5-10H2,1-4H3. The predicted molar refractivity (Wildman–Crippen MR) is 66.5 cm³/mol. The largest absolute Gasteiger partial charge is 0.380 e. The molecule has 16 heavy (non-hydrogen) atoms. The topological polar surface area (TPSA) is 41.6 Å². The summed E-state index contributed by atoms with van der Waals surface area (Å²) in [6.45, 7) is 11.8. The molecule has 0 spiro atoms. The Balaban J connectivity index is 3.60. The van der Waals surface area contributed by atoms with Crippen molar-refractivity contribution in [2.24, 2.45) is 0 Å². The molecule has 4 heteroatoms. The molecule has 0 aliphatic carbocycles. The molecule has 96 valence electrons. The lowest BCUT2D eigenvalue weighted by Crippen LogP contribution is -2.36. The summed E-state index contributed by atoms with van der Waals surface area (Å²) in [4.78, 5) is 13.5. The van der Waals surface area contributed by atoms with E-state index in [0.717, 1.165) is 26.2 Å². The summed E-state index contributed by atoms with van der Waals surface area (Å²) < 4.78 is 5.28. The molecular weight excluding hydrogens is 204 g/mol. The van der Waals surface area contributed by atoms with Gasteiger partial charge >= 0.3 is 0 Å². The minimum Gasteiger partial charge on any atom is -0.380 e. The highest BCUT2D eigenvalue weighted by Crippen LogP contribution is 1.93. The molecule has 0 saturated carbocycles. The van der Waals surface area contributed by atoms with Gasteiger partial charge in [0.05, 0.1) is 6.61 Å². The normalized spacial score (nSPS) is 12.5. The van der Waals surface area contributed by atoms with Crippen LogP contribution in [0.5, 0.6) is 0 Å². The summed E-state index contributed by atoms with van der Waals surface area (Å²) in [5, 5.41) is 3.28. The number of carbonyl (C=O) groups excluding carboxylic acids is 1. The number of carbonyl (C=O) groups is 1. The van der Waals surface area contributed by atoms with Gasteiger partial charge in [-0.1, -0.05) is 0 Å². The first-order chi connectivity index (χ1) is 7.65. The van der Waals surface area contributed by atoms with Gasteiger partial charge in [-0.05, 0) is 27.7 Å². The van der Waals surface area contributed by atoms with Crippen LogP contribution < -0.4 is 5.32 Å². The Kier molecular flexibility index (Phi) is 9.24. The Morgan fingerprint density at radius 1 is 1.31 bits per heavy atom. The Morgan fingerprint density at radius 3 is 2.44 bits per heavy atom. The molecule has 0 aromatic rings. The van der Waals surface area contributed by atoms with Gasteiger partial charge in [0, 0.05) is 38.7 Å². The minimum atomic E-state index is 0.223. The maximum absolute atomic E-state index is 11.7. The zero-order valence-corrected chi connectivity index (χ0v) is 11.1. The van der Waals surface area contributed by atoms with E-state index < -0.39 is 0 Å². The van der Waals surface area contributed by atoms with E-state index in [-0.39, 0.29) is 5.91 Å².